The molecule has 0 bridgehead atoms. The van der Waals surface area contributed by atoms with E-state index in [4.69, 9.17) is 14.4 Å². The van der Waals surface area contributed by atoms with Crippen molar-refractivity contribution in [3.8, 4) is 11.6 Å². The Morgan fingerprint density at radius 3 is 2.92 bits per heavy atom. The van der Waals surface area contributed by atoms with Crippen LogP contribution in [0.3, 0.4) is 0 Å². The molecule has 130 valence electrons. The summed E-state index contributed by atoms with van der Waals surface area (Å²) in [4.78, 5) is 11.6. The van der Waals surface area contributed by atoms with Crippen molar-refractivity contribution < 1.29 is 9.52 Å². The second kappa shape index (κ2) is 6.12. The molecule has 4 heterocycles. The van der Waals surface area contributed by atoms with E-state index in [0.29, 0.717) is 24.1 Å². The Bertz CT molecular complexity index is 1030. The van der Waals surface area contributed by atoms with Gasteiger partial charge in [0.15, 0.2) is 11.4 Å². The maximum atomic E-state index is 9.59. The Kier molecular flexibility index (Phi) is 3.93. The van der Waals surface area contributed by atoms with Gasteiger partial charge in [0.1, 0.15) is 4.83 Å². The Labute approximate surface area is 148 Å². The maximum absolute atomic E-state index is 9.59. The first-order valence-electron chi connectivity index (χ1n) is 8.23. The first kappa shape index (κ1) is 16.0. The number of aliphatic hydroxyl groups is 1. The third-order valence-electron chi connectivity index (χ3n) is 4.08. The lowest BCUT2D eigenvalue weighted by Crippen LogP contribution is -2.18. The summed E-state index contributed by atoms with van der Waals surface area (Å²) in [6.07, 6.45) is 2.03. The van der Waals surface area contributed by atoms with Crippen LogP contribution in [0.15, 0.2) is 22.8 Å². The number of hydrogen-bond acceptors (Lipinski definition) is 7. The van der Waals surface area contributed by atoms with E-state index >= 15 is 0 Å². The van der Waals surface area contributed by atoms with Crippen molar-refractivity contribution >= 4 is 33.1 Å². The number of nitrogens with one attached hydrogen (secondary N) is 1. The lowest BCUT2D eigenvalue weighted by atomic mass is 10.1. The van der Waals surface area contributed by atoms with E-state index in [0.717, 1.165) is 22.3 Å². The summed E-state index contributed by atoms with van der Waals surface area (Å²) < 4.78 is 7.15. The van der Waals surface area contributed by atoms with Gasteiger partial charge in [0, 0.05) is 11.4 Å². The van der Waals surface area contributed by atoms with Gasteiger partial charge >= 0.3 is 0 Å². The number of aryl methyl sites for hydroxylation is 2. The number of nitrogens with zero attached hydrogens (tertiary/aromatic N) is 4. The van der Waals surface area contributed by atoms with Crippen LogP contribution < -0.4 is 5.32 Å². The van der Waals surface area contributed by atoms with Crippen molar-refractivity contribution in [2.24, 2.45) is 0 Å². The molecule has 7 nitrogen and oxygen atoms in total. The average molecular weight is 357 g/mol. The number of furan rings is 1. The predicted octanol–water partition coefficient (Wildman–Crippen LogP) is 3.26. The monoisotopic (exact) mass is 357 g/mol. The molecule has 0 aliphatic heterocycles. The lowest BCUT2D eigenvalue weighted by Gasteiger charge is -2.09. The minimum Gasteiger partial charge on any atom is -0.461 e. The quantitative estimate of drug-likeness (QED) is 0.570. The number of fused-ring (bicyclic) bond motifs is 3. The van der Waals surface area contributed by atoms with Crippen LogP contribution in [-0.4, -0.2) is 37.3 Å². The van der Waals surface area contributed by atoms with Gasteiger partial charge < -0.3 is 14.8 Å². The van der Waals surface area contributed by atoms with Crippen molar-refractivity contribution in [2.45, 2.75) is 33.3 Å². The molecule has 4 aromatic heterocycles. The predicted molar refractivity (Wildman–Crippen MR) is 98.2 cm³/mol. The van der Waals surface area contributed by atoms with Gasteiger partial charge in [0.05, 0.1) is 17.8 Å². The molecular formula is C17H19N5O2S. The highest BCUT2D eigenvalue weighted by atomic mass is 32.1. The fourth-order valence-electron chi connectivity index (χ4n) is 2.93. The second-order valence-electron chi connectivity index (χ2n) is 5.98. The van der Waals surface area contributed by atoms with Crippen LogP contribution in [0.25, 0.3) is 27.4 Å². The highest BCUT2D eigenvalue weighted by Crippen LogP contribution is 2.34. The molecule has 0 saturated carbocycles. The highest BCUT2D eigenvalue weighted by molar-refractivity contribution is 7.18. The first-order valence-corrected chi connectivity index (χ1v) is 9.04. The van der Waals surface area contributed by atoms with Gasteiger partial charge in [-0.05, 0) is 38.0 Å². The van der Waals surface area contributed by atoms with Crippen LogP contribution in [0.4, 0.5) is 5.95 Å². The number of hydrogen-bond donors (Lipinski definition) is 2. The maximum Gasteiger partial charge on any atom is 0.227 e. The Hall–Kier alpha value is -2.45. The van der Waals surface area contributed by atoms with E-state index in [-0.39, 0.29) is 0 Å². The molecule has 8 heteroatoms. The zero-order valence-electron chi connectivity index (χ0n) is 14.3. The molecule has 4 aromatic rings. The summed E-state index contributed by atoms with van der Waals surface area (Å²) in [6, 6.07) is 3.65. The van der Waals surface area contributed by atoms with E-state index in [9.17, 15) is 5.11 Å². The summed E-state index contributed by atoms with van der Waals surface area (Å²) in [5.74, 6) is 1.70. The van der Waals surface area contributed by atoms with Gasteiger partial charge in [-0.3, -0.25) is 0 Å². The van der Waals surface area contributed by atoms with Crippen molar-refractivity contribution in [1.29, 1.82) is 0 Å². The molecule has 0 amide bonds. The number of aliphatic hydroxyl groups excluding tert-OH is 1. The standard InChI is InChI=1S/C17H19N5O2S/c1-4-11-10(3)25-16-13(11)15-19-14(12-6-5-7-24-12)21-22(15)17(20-16)18-8-9(2)23/h5-7,9,23H,4,8H2,1-3H3,(H,18,20)/t9-/m1/s1. The fraction of sp³-hybridized carbons (Fsp3) is 0.353. The van der Waals surface area contributed by atoms with Gasteiger partial charge in [0.2, 0.25) is 11.8 Å². The molecule has 0 aliphatic carbocycles. The average Bonchev–Trinajstić information content (AvgIpc) is 3.29. The van der Waals surface area contributed by atoms with Crippen LogP contribution in [0.1, 0.15) is 24.3 Å². The van der Waals surface area contributed by atoms with Gasteiger partial charge in [-0.2, -0.15) is 4.52 Å². The van der Waals surface area contributed by atoms with Gasteiger partial charge in [-0.15, -0.1) is 16.4 Å². The van der Waals surface area contributed by atoms with Gasteiger partial charge in [-0.1, -0.05) is 6.92 Å². The Morgan fingerprint density at radius 2 is 2.24 bits per heavy atom. The van der Waals surface area contributed by atoms with E-state index in [1.54, 1.807) is 29.0 Å². The van der Waals surface area contributed by atoms with E-state index < -0.39 is 6.10 Å². The van der Waals surface area contributed by atoms with E-state index in [1.807, 2.05) is 12.1 Å². The molecule has 2 N–H and O–H groups in total. The van der Waals surface area contributed by atoms with E-state index in [1.165, 1.54) is 10.4 Å². The van der Waals surface area contributed by atoms with Crippen molar-refractivity contribution in [1.82, 2.24) is 19.6 Å². The zero-order chi connectivity index (χ0) is 17.6. The topological polar surface area (TPSA) is 88.5 Å². The van der Waals surface area contributed by atoms with Crippen LogP contribution in [0.5, 0.6) is 0 Å². The third-order valence-corrected chi connectivity index (χ3v) is 5.12. The zero-order valence-corrected chi connectivity index (χ0v) is 15.1. The normalized spacial score (nSPS) is 13.0. The Balaban J connectivity index is 2.00. The molecule has 0 aliphatic rings. The largest absolute Gasteiger partial charge is 0.461 e. The van der Waals surface area contributed by atoms with Crippen LogP contribution in [0, 0.1) is 6.92 Å². The van der Waals surface area contributed by atoms with Gasteiger partial charge in [0.25, 0.3) is 0 Å². The summed E-state index contributed by atoms with van der Waals surface area (Å²) in [5.41, 5.74) is 2.00. The molecule has 0 fully saturated rings. The summed E-state index contributed by atoms with van der Waals surface area (Å²) in [6.45, 7) is 6.35. The third kappa shape index (κ3) is 2.67. The molecule has 0 spiro atoms. The summed E-state index contributed by atoms with van der Waals surface area (Å²) in [5, 5.41) is 18.4. The summed E-state index contributed by atoms with van der Waals surface area (Å²) >= 11 is 1.66. The second-order valence-corrected chi connectivity index (χ2v) is 7.19. The SMILES string of the molecule is CCc1c(C)sc2nc(NC[C@@H](C)O)n3nc(-c4ccco4)nc3c12. The number of aromatic nitrogens is 4. The highest BCUT2D eigenvalue weighted by Gasteiger charge is 2.20. The molecule has 0 unspecified atom stereocenters. The molecule has 1 atom stereocenters. The number of anilines is 1. The molecule has 25 heavy (non-hydrogen) atoms. The summed E-state index contributed by atoms with van der Waals surface area (Å²) in [7, 11) is 0. The Morgan fingerprint density at radius 1 is 1.40 bits per heavy atom. The fourth-order valence-corrected chi connectivity index (χ4v) is 4.03. The first-order chi connectivity index (χ1) is 12.1. The van der Waals surface area contributed by atoms with Crippen LogP contribution >= 0.6 is 11.3 Å². The van der Waals surface area contributed by atoms with Crippen molar-refractivity contribution in [3.05, 3.63) is 28.8 Å². The minimum atomic E-state index is -0.489. The van der Waals surface area contributed by atoms with Crippen LogP contribution in [0.2, 0.25) is 0 Å². The van der Waals surface area contributed by atoms with E-state index in [2.05, 4.69) is 24.3 Å². The molecule has 0 saturated heterocycles. The smallest absolute Gasteiger partial charge is 0.227 e. The van der Waals surface area contributed by atoms with Crippen LogP contribution in [-0.2, 0) is 6.42 Å². The molecule has 0 aromatic carbocycles. The van der Waals surface area contributed by atoms with Gasteiger partial charge in [-0.25, -0.2) is 9.97 Å². The van der Waals surface area contributed by atoms with Crippen molar-refractivity contribution in [3.63, 3.8) is 0 Å². The number of rotatable bonds is 5. The molecule has 0 radical (unpaired) electrons. The minimum absolute atomic E-state index is 0.383. The molecule has 4 rings (SSSR count). The lowest BCUT2D eigenvalue weighted by molar-refractivity contribution is 0.208. The van der Waals surface area contributed by atoms with Crippen molar-refractivity contribution in [2.75, 3.05) is 11.9 Å². The number of thiophene rings is 1. The molecular weight excluding hydrogens is 338 g/mol.